The molecule has 0 aliphatic carbocycles. The van der Waals surface area contributed by atoms with E-state index in [0.717, 1.165) is 0 Å². The molecule has 0 atom stereocenters. The summed E-state index contributed by atoms with van der Waals surface area (Å²) in [7, 11) is 0. The summed E-state index contributed by atoms with van der Waals surface area (Å²) in [6.07, 6.45) is 0. The Kier molecular flexibility index (Phi) is 121. The molecule has 15 nitrogen and oxygen atoms in total. The van der Waals surface area contributed by atoms with E-state index in [4.69, 9.17) is 53.5 Å². The first-order chi connectivity index (χ1) is 8.66. The molecule has 0 amide bonds. The van der Waals surface area contributed by atoms with E-state index in [-0.39, 0.29) is 88.7 Å². The monoisotopic (exact) mass is 1010 g/mol. The van der Waals surface area contributed by atoms with Crippen molar-refractivity contribution in [2.45, 2.75) is 0 Å². The molecule has 0 aromatic carbocycles. The molecule has 0 heterocycles. The van der Waals surface area contributed by atoms with Crippen molar-refractivity contribution < 1.29 is 181 Å². The van der Waals surface area contributed by atoms with Gasteiger partial charge in [0, 0.05) is 0 Å². The van der Waals surface area contributed by atoms with Gasteiger partial charge in [-0.15, -0.1) is 0 Å². The molecule has 24 heteroatoms. The van der Waals surface area contributed by atoms with Gasteiger partial charge in [-0.2, -0.15) is 0 Å². The molecule has 0 rings (SSSR count). The van der Waals surface area contributed by atoms with Crippen LogP contribution < -0.4 is 36.9 Å². The second-order valence-corrected chi connectivity index (χ2v) is 5.15. The minimum Gasteiger partial charge on any atom is 2.00 e. The van der Waals surface area contributed by atoms with E-state index in [1.54, 1.807) is 0 Å². The third kappa shape index (κ3) is 719. The van der Waals surface area contributed by atoms with Gasteiger partial charge in [0.15, 0.2) is 0 Å². The molecule has 0 spiro atoms. The summed E-state index contributed by atoms with van der Waals surface area (Å²) < 4.78 is 129. The van der Waals surface area contributed by atoms with E-state index < -0.39 is 93.1 Å². The summed E-state index contributed by atoms with van der Waals surface area (Å²) in [4.78, 5) is 0. The van der Waals surface area contributed by atoms with Gasteiger partial charge in [0.2, 0.25) is 0 Å². The summed E-state index contributed by atoms with van der Waals surface area (Å²) in [6, 6.07) is 0. The fourth-order valence-corrected chi connectivity index (χ4v) is 0. The van der Waals surface area contributed by atoms with Gasteiger partial charge >= 0.3 is 235 Å². The van der Waals surface area contributed by atoms with Crippen LogP contribution in [0.3, 0.4) is 0 Å². The first-order valence-electron chi connectivity index (χ1n) is 3.06. The minimum absolute atomic E-state index is 0. The van der Waals surface area contributed by atoms with Gasteiger partial charge in [-0.3, -0.25) is 0 Å². The summed E-state index contributed by atoms with van der Waals surface area (Å²) in [5, 5.41) is 0. The Morgan fingerprint density at radius 2 is 0.333 bits per heavy atom. The largest absolute Gasteiger partial charge is 2.00 e. The average molecular weight is 1010 g/mol. The Morgan fingerprint density at radius 3 is 0.333 bits per heavy atom. The van der Waals surface area contributed by atoms with Gasteiger partial charge in [-0.25, -0.2) is 0 Å². The van der Waals surface area contributed by atoms with Crippen LogP contribution in [0.4, 0.5) is 0 Å². The van der Waals surface area contributed by atoms with Crippen LogP contribution in [0.1, 0.15) is 0 Å². The standard InChI is InChI=1S/2Fe.15O.2Pb.5Ti/q2*+3;;;;;;10*-1;2*+2;;;;;. The molecule has 0 saturated heterocycles. The Labute approximate surface area is 230 Å². The second kappa shape index (κ2) is 51.1. The fraction of sp³-hybridized carbons (Fsp3) is 0. The van der Waals surface area contributed by atoms with Crippen LogP contribution in [0, 0.1) is 0 Å². The van der Waals surface area contributed by atoms with Crippen molar-refractivity contribution in [2.75, 3.05) is 0 Å². The second-order valence-electron chi connectivity index (χ2n) is 1.25. The molecule has 0 saturated carbocycles. The molecule has 134 valence electrons. The molecule has 0 N–H and O–H groups in total. The quantitative estimate of drug-likeness (QED) is 0.204. The number of rotatable bonds is 0. The third-order valence-corrected chi connectivity index (χ3v) is 0. The van der Waals surface area contributed by atoms with Gasteiger partial charge in [0.1, 0.15) is 0 Å². The molecular formula is Fe2O15Pb2Ti5. The Morgan fingerprint density at radius 1 is 0.333 bits per heavy atom. The van der Waals surface area contributed by atoms with Crippen LogP contribution in [0.25, 0.3) is 0 Å². The van der Waals surface area contributed by atoms with Crippen molar-refractivity contribution in [2.24, 2.45) is 0 Å². The van der Waals surface area contributed by atoms with E-state index >= 15 is 0 Å². The fourth-order valence-electron chi connectivity index (χ4n) is 0. The molecule has 0 fully saturated rings. The van der Waals surface area contributed by atoms with E-state index in [9.17, 15) is 0 Å². The molecule has 24 heavy (non-hydrogen) atoms. The molecular weight excluding hydrogens is 1010 g/mol. The van der Waals surface area contributed by atoms with Crippen molar-refractivity contribution >= 4 is 54.6 Å². The molecule has 0 aliphatic rings. The Bertz CT molecular complexity index is 221. The van der Waals surface area contributed by atoms with Crippen molar-refractivity contribution in [3.05, 3.63) is 0 Å². The van der Waals surface area contributed by atoms with E-state index in [0.29, 0.717) is 0 Å². The molecule has 0 aromatic heterocycles. The SMILES string of the molecule is [Fe+3].[Fe+3].[O]=[Ti]([O-])[O-].[O]=[Ti]([O-])[O-].[O]=[Ti]([O-])[O-].[O]=[Ti]([O-])[O-].[O]=[Ti]([O-])[O-].[Pb+2].[Pb+2]. The minimum atomic E-state index is -4.08. The van der Waals surface area contributed by atoms with Gasteiger partial charge in [-0.05, 0) is 0 Å². The molecule has 0 aromatic rings. The van der Waals surface area contributed by atoms with Crippen LogP contribution in [-0.4, -0.2) is 54.6 Å². The zero-order valence-corrected chi connectivity index (χ0v) is 28.1. The normalized spacial score (nSPS) is 5.42. The predicted octanol–water partition coefficient (Wildman–Crippen LogP) is -13.3. The maximum absolute atomic E-state index is 8.58. The number of hydrogen-bond acceptors (Lipinski definition) is 15. The molecule has 6 radical (unpaired) electrons. The van der Waals surface area contributed by atoms with Crippen LogP contribution in [0.5, 0.6) is 0 Å². The smallest absolute Gasteiger partial charge is 2.00 e. The maximum Gasteiger partial charge on any atom is 2.00 e. The van der Waals surface area contributed by atoms with Crippen LogP contribution in [0.15, 0.2) is 0 Å². The van der Waals surface area contributed by atoms with Crippen molar-refractivity contribution in [3.8, 4) is 0 Å². The summed E-state index contributed by atoms with van der Waals surface area (Å²) in [5.41, 5.74) is 0. The van der Waals surface area contributed by atoms with E-state index in [2.05, 4.69) is 0 Å². The predicted molar refractivity (Wildman–Crippen MR) is 14.9 cm³/mol. The summed E-state index contributed by atoms with van der Waals surface area (Å²) in [5.74, 6) is 0. The first kappa shape index (κ1) is 56.9. The maximum atomic E-state index is 8.58. The molecule has 0 bridgehead atoms. The summed E-state index contributed by atoms with van der Waals surface area (Å²) in [6.45, 7) is 0. The van der Waals surface area contributed by atoms with Crippen LogP contribution in [-0.2, 0) is 144 Å². The van der Waals surface area contributed by atoms with E-state index in [1.807, 2.05) is 0 Å². The topological polar surface area (TPSA) is 316 Å². The van der Waals surface area contributed by atoms with Gasteiger partial charge in [0.05, 0.1) is 0 Å². The molecule has 0 aliphatic heterocycles. The van der Waals surface area contributed by atoms with Crippen molar-refractivity contribution in [1.82, 2.24) is 0 Å². The average Bonchev–Trinajstić information content (AvgIpc) is 1.94. The van der Waals surface area contributed by atoms with Gasteiger partial charge in [0.25, 0.3) is 0 Å². The van der Waals surface area contributed by atoms with Crippen molar-refractivity contribution in [1.29, 1.82) is 0 Å². The summed E-state index contributed by atoms with van der Waals surface area (Å²) >= 11 is -20.4. The number of hydrogen-bond donors (Lipinski definition) is 0. The first-order valence-corrected chi connectivity index (χ1v) is 12.6. The van der Waals surface area contributed by atoms with Gasteiger partial charge in [-0.1, -0.05) is 0 Å². The van der Waals surface area contributed by atoms with Crippen LogP contribution in [0.2, 0.25) is 0 Å². The van der Waals surface area contributed by atoms with Crippen LogP contribution >= 0.6 is 0 Å². The van der Waals surface area contributed by atoms with E-state index in [1.165, 1.54) is 0 Å². The zero-order valence-electron chi connectivity index (χ0n) is 10.3. The Balaban J connectivity index is -0.0000000161. The van der Waals surface area contributed by atoms with Gasteiger partial charge < -0.3 is 0 Å². The van der Waals surface area contributed by atoms with Crippen molar-refractivity contribution in [3.63, 3.8) is 0 Å². The third-order valence-electron chi connectivity index (χ3n) is 0. The zero-order chi connectivity index (χ0) is 17.9. The molecule has 0 unspecified atom stereocenters. The Hall–Kier alpha value is 5.05.